The zero-order valence-corrected chi connectivity index (χ0v) is 13.7. The van der Waals surface area contributed by atoms with Crippen molar-refractivity contribution >= 4 is 17.5 Å². The molecule has 5 nitrogen and oxygen atoms in total. The van der Waals surface area contributed by atoms with Gasteiger partial charge in [0.05, 0.1) is 10.9 Å². The van der Waals surface area contributed by atoms with Crippen molar-refractivity contribution < 1.29 is 4.79 Å². The maximum absolute atomic E-state index is 12.1. The second kappa shape index (κ2) is 6.75. The van der Waals surface area contributed by atoms with Gasteiger partial charge in [0, 0.05) is 0 Å². The molecule has 116 valence electrons. The Balaban J connectivity index is 1.92. The van der Waals surface area contributed by atoms with E-state index in [0.717, 1.165) is 11.3 Å². The highest BCUT2D eigenvalue weighted by Crippen LogP contribution is 2.35. The summed E-state index contributed by atoms with van der Waals surface area (Å²) in [5.41, 5.74) is 2.99. The van der Waals surface area contributed by atoms with Crippen LogP contribution < -0.4 is 0 Å². The summed E-state index contributed by atoms with van der Waals surface area (Å²) in [7, 11) is 0. The van der Waals surface area contributed by atoms with Crippen LogP contribution in [0.4, 0.5) is 0 Å². The lowest BCUT2D eigenvalue weighted by molar-refractivity contribution is -0.116. The van der Waals surface area contributed by atoms with E-state index in [9.17, 15) is 4.79 Å². The van der Waals surface area contributed by atoms with Crippen molar-refractivity contribution in [3.05, 3.63) is 65.7 Å². The molecular formula is C17H16N4OS. The first-order valence-corrected chi connectivity index (χ1v) is 8.10. The molecule has 0 bridgehead atoms. The van der Waals surface area contributed by atoms with Gasteiger partial charge in [-0.3, -0.25) is 4.79 Å². The average Bonchev–Trinajstić information content (AvgIpc) is 3.02. The zero-order chi connectivity index (χ0) is 16.2. The lowest BCUT2D eigenvalue weighted by atomic mass is 10.1. The minimum absolute atomic E-state index is 0.0691. The number of rotatable bonds is 5. The largest absolute Gasteiger partial charge is 0.298 e. The molecule has 0 saturated carbocycles. The molecule has 3 rings (SSSR count). The van der Waals surface area contributed by atoms with Crippen LogP contribution in [-0.4, -0.2) is 26.0 Å². The number of aromatic nitrogens is 4. The topological polar surface area (TPSA) is 60.7 Å². The van der Waals surface area contributed by atoms with E-state index in [1.165, 1.54) is 17.3 Å². The molecule has 0 aliphatic heterocycles. The van der Waals surface area contributed by atoms with Crippen LogP contribution in [0.3, 0.4) is 0 Å². The van der Waals surface area contributed by atoms with E-state index in [1.54, 1.807) is 11.6 Å². The fraction of sp³-hybridized carbons (Fsp3) is 0.176. The predicted molar refractivity (Wildman–Crippen MR) is 89.6 cm³/mol. The van der Waals surface area contributed by atoms with Crippen LogP contribution >= 0.6 is 11.8 Å². The Bertz CT molecular complexity index is 799. The molecule has 0 fully saturated rings. The fourth-order valence-electron chi connectivity index (χ4n) is 2.22. The van der Waals surface area contributed by atoms with Crippen LogP contribution in [0.25, 0.3) is 5.69 Å². The number of Topliss-reactive ketones (excluding diaryl/α,β-unsaturated/α-hetero) is 1. The van der Waals surface area contributed by atoms with Crippen molar-refractivity contribution in [1.29, 1.82) is 0 Å². The van der Waals surface area contributed by atoms with Crippen LogP contribution in [0, 0.1) is 6.92 Å². The first kappa shape index (κ1) is 15.4. The molecule has 0 radical (unpaired) electrons. The summed E-state index contributed by atoms with van der Waals surface area (Å²) in [6, 6.07) is 17.6. The smallest absolute Gasteiger partial charge is 0.215 e. The number of tetrazole rings is 1. The van der Waals surface area contributed by atoms with Crippen LogP contribution in [0.5, 0.6) is 0 Å². The van der Waals surface area contributed by atoms with Gasteiger partial charge in [-0.2, -0.15) is 4.68 Å². The van der Waals surface area contributed by atoms with Crippen LogP contribution in [0.15, 0.2) is 59.8 Å². The SMILES string of the molecule is CC(=O)C(Sc1nnnn1-c1ccc(C)cc1)c1ccccc1. The number of aryl methyl sites for hydroxylation is 1. The number of carbonyl (C=O) groups excluding carboxylic acids is 1. The van der Waals surface area contributed by atoms with E-state index in [1.807, 2.05) is 61.5 Å². The minimum atomic E-state index is -0.327. The summed E-state index contributed by atoms with van der Waals surface area (Å²) in [6.07, 6.45) is 0. The normalized spacial score (nSPS) is 12.1. The lowest BCUT2D eigenvalue weighted by Crippen LogP contribution is -2.07. The summed E-state index contributed by atoms with van der Waals surface area (Å²) in [5.74, 6) is 0.0691. The first-order chi connectivity index (χ1) is 11.1. The summed E-state index contributed by atoms with van der Waals surface area (Å²) in [4.78, 5) is 12.1. The first-order valence-electron chi connectivity index (χ1n) is 7.22. The van der Waals surface area contributed by atoms with E-state index < -0.39 is 0 Å². The third kappa shape index (κ3) is 3.48. The monoisotopic (exact) mass is 324 g/mol. The number of carbonyl (C=O) groups is 1. The van der Waals surface area contributed by atoms with E-state index in [2.05, 4.69) is 15.5 Å². The number of benzene rings is 2. The highest BCUT2D eigenvalue weighted by Gasteiger charge is 2.22. The Morgan fingerprint density at radius 1 is 1.09 bits per heavy atom. The number of hydrogen-bond donors (Lipinski definition) is 0. The maximum Gasteiger partial charge on any atom is 0.215 e. The quantitative estimate of drug-likeness (QED) is 0.673. The van der Waals surface area contributed by atoms with E-state index in [0.29, 0.717) is 5.16 Å². The summed E-state index contributed by atoms with van der Waals surface area (Å²) in [6.45, 7) is 3.62. The molecule has 1 atom stereocenters. The van der Waals surface area contributed by atoms with Crippen LogP contribution in [0.2, 0.25) is 0 Å². The Labute approximate surface area is 138 Å². The molecule has 3 aromatic rings. The van der Waals surface area contributed by atoms with Crippen molar-refractivity contribution in [3.8, 4) is 5.69 Å². The third-order valence-electron chi connectivity index (χ3n) is 3.41. The van der Waals surface area contributed by atoms with Crippen molar-refractivity contribution in [1.82, 2.24) is 20.2 Å². The highest BCUT2D eigenvalue weighted by atomic mass is 32.2. The third-order valence-corrected chi connectivity index (χ3v) is 4.72. The van der Waals surface area contributed by atoms with Gasteiger partial charge in [0.25, 0.3) is 0 Å². The van der Waals surface area contributed by atoms with Gasteiger partial charge in [0.1, 0.15) is 5.78 Å². The Hall–Kier alpha value is -2.47. The predicted octanol–water partition coefficient (Wildman–Crippen LogP) is 3.39. The zero-order valence-electron chi connectivity index (χ0n) is 12.9. The second-order valence-electron chi connectivity index (χ2n) is 5.23. The van der Waals surface area contributed by atoms with Crippen LogP contribution in [-0.2, 0) is 4.79 Å². The average molecular weight is 324 g/mol. The van der Waals surface area contributed by atoms with Gasteiger partial charge in [0.2, 0.25) is 5.16 Å². The molecule has 0 amide bonds. The Morgan fingerprint density at radius 3 is 2.43 bits per heavy atom. The molecule has 0 aliphatic rings. The van der Waals surface area contributed by atoms with Gasteiger partial charge in [0.15, 0.2) is 0 Å². The van der Waals surface area contributed by atoms with Crippen LogP contribution in [0.1, 0.15) is 23.3 Å². The second-order valence-corrected chi connectivity index (χ2v) is 6.30. The van der Waals surface area contributed by atoms with Gasteiger partial charge >= 0.3 is 0 Å². The van der Waals surface area contributed by atoms with Gasteiger partial charge in [-0.15, -0.1) is 5.10 Å². The molecule has 6 heteroatoms. The number of hydrogen-bond acceptors (Lipinski definition) is 5. The summed E-state index contributed by atoms with van der Waals surface area (Å²) < 4.78 is 1.66. The molecule has 0 aliphatic carbocycles. The minimum Gasteiger partial charge on any atom is -0.298 e. The van der Waals surface area contributed by atoms with Gasteiger partial charge in [-0.05, 0) is 42.0 Å². The summed E-state index contributed by atoms with van der Waals surface area (Å²) in [5, 5.41) is 12.1. The molecule has 0 saturated heterocycles. The number of thioether (sulfide) groups is 1. The van der Waals surface area contributed by atoms with E-state index in [4.69, 9.17) is 0 Å². The number of nitrogens with zero attached hydrogens (tertiary/aromatic N) is 4. The van der Waals surface area contributed by atoms with Crippen molar-refractivity contribution in [2.45, 2.75) is 24.3 Å². The molecule has 1 unspecified atom stereocenters. The van der Waals surface area contributed by atoms with Crippen molar-refractivity contribution in [2.24, 2.45) is 0 Å². The molecule has 23 heavy (non-hydrogen) atoms. The molecule has 2 aromatic carbocycles. The van der Waals surface area contributed by atoms with Crippen molar-refractivity contribution in [3.63, 3.8) is 0 Å². The Morgan fingerprint density at radius 2 is 1.78 bits per heavy atom. The lowest BCUT2D eigenvalue weighted by Gasteiger charge is -2.13. The van der Waals surface area contributed by atoms with Gasteiger partial charge in [-0.1, -0.05) is 59.8 Å². The maximum atomic E-state index is 12.1. The summed E-state index contributed by atoms with van der Waals surface area (Å²) >= 11 is 1.36. The molecule has 0 spiro atoms. The number of ketones is 1. The molecule has 0 N–H and O–H groups in total. The molecule has 1 heterocycles. The van der Waals surface area contributed by atoms with E-state index >= 15 is 0 Å². The Kier molecular flexibility index (Phi) is 4.52. The van der Waals surface area contributed by atoms with Gasteiger partial charge in [-0.25, -0.2) is 0 Å². The fourth-order valence-corrected chi connectivity index (χ4v) is 3.21. The van der Waals surface area contributed by atoms with E-state index in [-0.39, 0.29) is 11.0 Å². The highest BCUT2D eigenvalue weighted by molar-refractivity contribution is 8.00. The standard InChI is InChI=1S/C17H16N4OS/c1-12-8-10-15(11-9-12)21-17(18-19-20-21)23-16(13(2)22)14-6-4-3-5-7-14/h3-11,16H,1-2H3. The van der Waals surface area contributed by atoms with Gasteiger partial charge < -0.3 is 0 Å². The molecular weight excluding hydrogens is 308 g/mol. The molecule has 1 aromatic heterocycles. The van der Waals surface area contributed by atoms with Crippen molar-refractivity contribution in [2.75, 3.05) is 0 Å².